The zero-order valence-corrected chi connectivity index (χ0v) is 16.9. The van der Waals surface area contributed by atoms with Crippen molar-refractivity contribution in [2.45, 2.75) is 13.5 Å². The monoisotopic (exact) mass is 404 g/mol. The molecule has 4 rings (SSSR count). The van der Waals surface area contributed by atoms with Crippen molar-refractivity contribution in [1.29, 1.82) is 0 Å². The van der Waals surface area contributed by atoms with Crippen LogP contribution in [-0.2, 0) is 6.54 Å². The highest BCUT2D eigenvalue weighted by Crippen LogP contribution is 2.21. The average molecular weight is 404 g/mol. The lowest BCUT2D eigenvalue weighted by Gasteiger charge is -2.07. The Kier molecular flexibility index (Phi) is 5.39. The van der Waals surface area contributed by atoms with Crippen LogP contribution in [0.3, 0.4) is 0 Å². The zero-order chi connectivity index (χ0) is 20.2. The lowest BCUT2D eigenvalue weighted by Crippen LogP contribution is -2.17. The predicted octanol–water partition coefficient (Wildman–Crippen LogP) is 4.62. The lowest BCUT2D eigenvalue weighted by molar-refractivity contribution is 0.0947. The minimum absolute atomic E-state index is 0.257. The lowest BCUT2D eigenvalue weighted by atomic mass is 10.1. The molecule has 2 heterocycles. The summed E-state index contributed by atoms with van der Waals surface area (Å²) in [6, 6.07) is 18.9. The molecule has 146 valence electrons. The molecule has 29 heavy (non-hydrogen) atoms. The molecule has 7 heteroatoms. The summed E-state index contributed by atoms with van der Waals surface area (Å²) < 4.78 is 6.50. The summed E-state index contributed by atoms with van der Waals surface area (Å²) in [6.07, 6.45) is 0. The molecule has 4 aromatic rings. The van der Waals surface area contributed by atoms with E-state index < -0.39 is 0 Å². The Bertz CT molecular complexity index is 1100. The van der Waals surface area contributed by atoms with Crippen LogP contribution in [-0.4, -0.2) is 27.8 Å². The average Bonchev–Trinajstić information content (AvgIpc) is 3.42. The van der Waals surface area contributed by atoms with E-state index in [4.69, 9.17) is 4.74 Å². The second-order valence-corrected chi connectivity index (χ2v) is 7.54. The topological polar surface area (TPSA) is 69.0 Å². The Labute approximate surface area is 172 Å². The molecule has 0 saturated carbocycles. The number of methoxy groups -OCH3 is 1. The van der Waals surface area contributed by atoms with Gasteiger partial charge in [-0.15, -0.1) is 16.4 Å². The largest absolute Gasteiger partial charge is 0.497 e. The number of carbonyl (C=O) groups is 1. The van der Waals surface area contributed by atoms with Crippen molar-refractivity contribution in [3.05, 3.63) is 82.0 Å². The van der Waals surface area contributed by atoms with Gasteiger partial charge in [-0.25, -0.2) is 0 Å². The zero-order valence-electron chi connectivity index (χ0n) is 16.1. The molecule has 0 aliphatic carbocycles. The molecule has 2 aromatic carbocycles. The van der Waals surface area contributed by atoms with Crippen molar-refractivity contribution < 1.29 is 9.53 Å². The van der Waals surface area contributed by atoms with Gasteiger partial charge in [-0.1, -0.05) is 35.9 Å². The Hall–Kier alpha value is -3.45. The van der Waals surface area contributed by atoms with E-state index in [2.05, 4.69) is 15.4 Å². The van der Waals surface area contributed by atoms with Gasteiger partial charge in [-0.3, -0.25) is 4.79 Å². The van der Waals surface area contributed by atoms with Crippen LogP contribution in [0.5, 0.6) is 5.75 Å². The minimum atomic E-state index is -0.257. The van der Waals surface area contributed by atoms with E-state index in [0.717, 1.165) is 16.0 Å². The summed E-state index contributed by atoms with van der Waals surface area (Å²) in [6.45, 7) is 2.59. The molecule has 0 aliphatic rings. The summed E-state index contributed by atoms with van der Waals surface area (Å²) in [4.78, 5) is 18.8. The minimum Gasteiger partial charge on any atom is -0.497 e. The van der Waals surface area contributed by atoms with Gasteiger partial charge in [-0.05, 0) is 42.6 Å². The molecule has 1 N–H and O–H groups in total. The second kappa shape index (κ2) is 8.28. The molecule has 2 aromatic heterocycles. The highest BCUT2D eigenvalue weighted by molar-refractivity contribution is 7.09. The Morgan fingerprint density at radius 2 is 1.86 bits per heavy atom. The highest BCUT2D eigenvalue weighted by atomic mass is 32.1. The van der Waals surface area contributed by atoms with Gasteiger partial charge in [0.15, 0.2) is 5.82 Å². The number of aryl methyl sites for hydroxylation is 1. The number of benzene rings is 2. The van der Waals surface area contributed by atoms with E-state index in [-0.39, 0.29) is 5.91 Å². The molecule has 0 fully saturated rings. The van der Waals surface area contributed by atoms with E-state index in [1.807, 2.05) is 48.7 Å². The van der Waals surface area contributed by atoms with Gasteiger partial charge < -0.3 is 10.1 Å². The third-order valence-electron chi connectivity index (χ3n) is 4.45. The Morgan fingerprint density at radius 1 is 1.10 bits per heavy atom. The Morgan fingerprint density at radius 3 is 2.52 bits per heavy atom. The maximum absolute atomic E-state index is 13.1. The van der Waals surface area contributed by atoms with Gasteiger partial charge in [-0.2, -0.15) is 9.67 Å². The smallest absolute Gasteiger partial charge is 0.281 e. The van der Waals surface area contributed by atoms with Crippen LogP contribution >= 0.6 is 11.3 Å². The first-order chi connectivity index (χ1) is 14.1. The Balaban J connectivity index is 1.68. The maximum atomic E-state index is 13.1. The molecule has 0 bridgehead atoms. The molecular formula is C22H20N4O2S. The standard InChI is InChI=1S/C22H20N4O2S/c1-15-5-7-16(8-6-15)20-24-22(23-14-19-4-3-13-29-19)26(25-20)21(27)17-9-11-18(28-2)12-10-17/h3-13H,14H2,1-2H3,(H,23,24,25). The number of carbonyl (C=O) groups excluding carboxylic acids is 1. The summed E-state index contributed by atoms with van der Waals surface area (Å²) >= 11 is 1.64. The molecule has 0 unspecified atom stereocenters. The van der Waals surface area contributed by atoms with Crippen LogP contribution in [0, 0.1) is 6.92 Å². The molecular weight excluding hydrogens is 384 g/mol. The quantitative estimate of drug-likeness (QED) is 0.508. The van der Waals surface area contributed by atoms with E-state index in [9.17, 15) is 4.79 Å². The predicted molar refractivity (Wildman–Crippen MR) is 115 cm³/mol. The number of hydrogen-bond donors (Lipinski definition) is 1. The second-order valence-electron chi connectivity index (χ2n) is 6.50. The first kappa shape index (κ1) is 18.9. The van der Waals surface area contributed by atoms with E-state index in [1.165, 1.54) is 4.68 Å². The van der Waals surface area contributed by atoms with Crippen LogP contribution < -0.4 is 10.1 Å². The summed E-state index contributed by atoms with van der Waals surface area (Å²) in [5.74, 6) is 1.35. The van der Waals surface area contributed by atoms with E-state index in [0.29, 0.717) is 29.6 Å². The number of anilines is 1. The van der Waals surface area contributed by atoms with Crippen molar-refractivity contribution in [3.63, 3.8) is 0 Å². The van der Waals surface area contributed by atoms with Crippen molar-refractivity contribution in [2.75, 3.05) is 12.4 Å². The summed E-state index contributed by atoms with van der Waals surface area (Å²) in [7, 11) is 1.59. The van der Waals surface area contributed by atoms with Gasteiger partial charge >= 0.3 is 0 Å². The van der Waals surface area contributed by atoms with Gasteiger partial charge in [0.05, 0.1) is 13.7 Å². The van der Waals surface area contributed by atoms with Crippen molar-refractivity contribution in [3.8, 4) is 17.1 Å². The molecule has 6 nitrogen and oxygen atoms in total. The molecule has 0 atom stereocenters. The SMILES string of the molecule is COc1ccc(C(=O)n2nc(-c3ccc(C)cc3)nc2NCc2cccs2)cc1. The number of nitrogens with zero attached hydrogens (tertiary/aromatic N) is 3. The molecule has 0 amide bonds. The number of thiophene rings is 1. The number of hydrogen-bond acceptors (Lipinski definition) is 6. The van der Waals surface area contributed by atoms with Crippen LogP contribution in [0.25, 0.3) is 11.4 Å². The number of nitrogens with one attached hydrogen (secondary N) is 1. The highest BCUT2D eigenvalue weighted by Gasteiger charge is 2.19. The van der Waals surface area contributed by atoms with Gasteiger partial charge in [0.2, 0.25) is 5.95 Å². The third kappa shape index (κ3) is 4.20. The van der Waals surface area contributed by atoms with Gasteiger partial charge in [0.1, 0.15) is 5.75 Å². The van der Waals surface area contributed by atoms with Crippen molar-refractivity contribution in [1.82, 2.24) is 14.8 Å². The number of rotatable bonds is 6. The first-order valence-electron chi connectivity index (χ1n) is 9.13. The van der Waals surface area contributed by atoms with Crippen LogP contribution in [0.1, 0.15) is 20.8 Å². The van der Waals surface area contributed by atoms with Gasteiger partial charge in [0, 0.05) is 16.0 Å². The maximum Gasteiger partial charge on any atom is 0.281 e. The van der Waals surface area contributed by atoms with Gasteiger partial charge in [0.25, 0.3) is 5.91 Å². The number of ether oxygens (including phenoxy) is 1. The fourth-order valence-electron chi connectivity index (χ4n) is 2.83. The van der Waals surface area contributed by atoms with Crippen LogP contribution in [0.2, 0.25) is 0 Å². The normalized spacial score (nSPS) is 10.7. The van der Waals surface area contributed by atoms with Crippen molar-refractivity contribution in [2.24, 2.45) is 0 Å². The fraction of sp³-hybridized carbons (Fsp3) is 0.136. The summed E-state index contributed by atoms with van der Waals surface area (Å²) in [5, 5.41) is 9.76. The molecule has 0 spiro atoms. The first-order valence-corrected chi connectivity index (χ1v) is 10.0. The van der Waals surface area contributed by atoms with E-state index >= 15 is 0 Å². The van der Waals surface area contributed by atoms with Crippen molar-refractivity contribution >= 4 is 23.2 Å². The van der Waals surface area contributed by atoms with Crippen LogP contribution in [0.4, 0.5) is 5.95 Å². The third-order valence-corrected chi connectivity index (χ3v) is 5.32. The van der Waals surface area contributed by atoms with E-state index in [1.54, 1.807) is 42.7 Å². The molecule has 0 radical (unpaired) electrons. The number of aromatic nitrogens is 3. The molecule has 0 saturated heterocycles. The fourth-order valence-corrected chi connectivity index (χ4v) is 3.47. The molecule has 0 aliphatic heterocycles. The summed E-state index contributed by atoms with van der Waals surface area (Å²) in [5.41, 5.74) is 2.51. The van der Waals surface area contributed by atoms with Crippen LogP contribution in [0.15, 0.2) is 66.0 Å².